The van der Waals surface area contributed by atoms with Gasteiger partial charge in [0.25, 0.3) is 0 Å². The lowest BCUT2D eigenvalue weighted by molar-refractivity contribution is -0.271. The van der Waals surface area contributed by atoms with E-state index in [9.17, 15) is 40.2 Å². The Kier molecular flexibility index (Phi) is 6.19. The Bertz CT molecular complexity index is 1300. The van der Waals surface area contributed by atoms with E-state index in [-0.39, 0.29) is 28.2 Å². The van der Waals surface area contributed by atoms with Gasteiger partial charge in [-0.1, -0.05) is 6.92 Å². The highest BCUT2D eigenvalue weighted by Gasteiger charge is 2.48. The molecule has 0 saturated carbocycles. The Morgan fingerprint density at radius 2 is 1.76 bits per heavy atom. The maximum Gasteiger partial charge on any atom is 0.335 e. The molecule has 0 amide bonds. The Morgan fingerprint density at radius 1 is 1.03 bits per heavy atom. The Morgan fingerprint density at radius 3 is 2.44 bits per heavy atom. The molecule has 5 atom stereocenters. The summed E-state index contributed by atoms with van der Waals surface area (Å²) in [6.45, 7) is 1.86. The molecule has 1 aliphatic heterocycles. The third-order valence-electron chi connectivity index (χ3n) is 5.58. The average Bonchev–Trinajstić information content (AvgIpc) is 2.78. The van der Waals surface area contributed by atoms with E-state index in [1.807, 2.05) is 6.92 Å². The van der Waals surface area contributed by atoms with Crippen LogP contribution in [-0.2, 0) is 16.0 Å². The van der Waals surface area contributed by atoms with Gasteiger partial charge in [0, 0.05) is 23.8 Å². The molecule has 0 unspecified atom stereocenters. The zero-order chi connectivity index (χ0) is 24.7. The van der Waals surface area contributed by atoms with Gasteiger partial charge in [-0.2, -0.15) is 0 Å². The average molecular weight is 474 g/mol. The summed E-state index contributed by atoms with van der Waals surface area (Å²) < 4.78 is 16.4. The first-order chi connectivity index (χ1) is 16.1. The van der Waals surface area contributed by atoms with Crippen LogP contribution < -0.4 is 10.2 Å². The number of aromatic hydroxyl groups is 2. The normalized spacial score (nSPS) is 24.8. The molecule has 1 fully saturated rings. The number of carboxylic acid groups (broad SMARTS) is 1. The maximum absolute atomic E-state index is 12.7. The van der Waals surface area contributed by atoms with Gasteiger partial charge < -0.3 is 44.5 Å². The zero-order valence-corrected chi connectivity index (χ0v) is 17.8. The van der Waals surface area contributed by atoms with E-state index in [1.54, 1.807) is 6.07 Å². The van der Waals surface area contributed by atoms with Crippen LogP contribution in [-0.4, -0.2) is 67.3 Å². The van der Waals surface area contributed by atoms with E-state index in [1.165, 1.54) is 24.3 Å². The number of aryl methyl sites for hydroxylation is 1. The summed E-state index contributed by atoms with van der Waals surface area (Å²) in [5.74, 6) is -2.03. The summed E-state index contributed by atoms with van der Waals surface area (Å²) in [5, 5.41) is 59.1. The number of hydrogen-bond donors (Lipinski definition) is 6. The Labute approximate surface area is 191 Å². The Balaban J connectivity index is 1.74. The molecule has 0 aliphatic carbocycles. The number of carboxylic acids is 1. The van der Waals surface area contributed by atoms with Crippen LogP contribution in [0, 0.1) is 0 Å². The van der Waals surface area contributed by atoms with E-state index in [0.717, 1.165) is 6.07 Å². The number of ether oxygens (including phenoxy) is 2. The number of phenolic OH excluding ortho intramolecular Hbond substituents is 2. The first-order valence-electron chi connectivity index (χ1n) is 10.3. The summed E-state index contributed by atoms with van der Waals surface area (Å²) in [4.78, 5) is 24.0. The molecule has 180 valence electrons. The number of aliphatic hydroxyl groups is 3. The number of aliphatic hydroxyl groups excluding tert-OH is 3. The monoisotopic (exact) mass is 474 g/mol. The minimum Gasteiger partial charge on any atom is -0.508 e. The van der Waals surface area contributed by atoms with Crippen molar-refractivity contribution in [2.75, 3.05) is 0 Å². The number of hydrogen-bond acceptors (Lipinski definition) is 10. The molecule has 34 heavy (non-hydrogen) atoms. The van der Waals surface area contributed by atoms with Crippen LogP contribution in [0.15, 0.2) is 45.6 Å². The van der Waals surface area contributed by atoms with Gasteiger partial charge in [-0.25, -0.2) is 4.79 Å². The largest absolute Gasteiger partial charge is 0.508 e. The molecule has 0 bridgehead atoms. The van der Waals surface area contributed by atoms with Crippen molar-refractivity contribution >= 4 is 16.9 Å². The van der Waals surface area contributed by atoms with Crippen LogP contribution in [0.4, 0.5) is 0 Å². The third kappa shape index (κ3) is 4.17. The van der Waals surface area contributed by atoms with Gasteiger partial charge in [0.2, 0.25) is 6.29 Å². The van der Waals surface area contributed by atoms with Crippen molar-refractivity contribution in [3.8, 4) is 28.6 Å². The lowest BCUT2D eigenvalue weighted by atomic mass is 9.99. The number of benzene rings is 2. The first kappa shape index (κ1) is 23.5. The number of rotatable bonds is 5. The second kappa shape index (κ2) is 8.95. The SMILES string of the molecule is CCc1cc(O)ccc1-c1cc(=O)c2c(O)cc(O[C@@H]3O[C@H](C(=O)O)[C@@H](O)[C@H](O)[C@H]3O)cc2o1. The van der Waals surface area contributed by atoms with Gasteiger partial charge in [-0.15, -0.1) is 0 Å². The van der Waals surface area contributed by atoms with Crippen molar-refractivity contribution in [1.29, 1.82) is 0 Å². The minimum absolute atomic E-state index is 0.0510. The van der Waals surface area contributed by atoms with Gasteiger partial charge in [0.05, 0.1) is 0 Å². The Hall–Kier alpha value is -3.64. The van der Waals surface area contributed by atoms with Crippen molar-refractivity contribution in [1.82, 2.24) is 0 Å². The van der Waals surface area contributed by atoms with Gasteiger partial charge in [0.1, 0.15) is 52.3 Å². The summed E-state index contributed by atoms with van der Waals surface area (Å²) in [5.41, 5.74) is 0.643. The van der Waals surface area contributed by atoms with Crippen molar-refractivity contribution in [3.05, 3.63) is 52.2 Å². The van der Waals surface area contributed by atoms with Crippen LogP contribution in [0.25, 0.3) is 22.3 Å². The van der Waals surface area contributed by atoms with Gasteiger partial charge in [-0.05, 0) is 30.2 Å². The van der Waals surface area contributed by atoms with Crippen LogP contribution in [0.1, 0.15) is 12.5 Å². The van der Waals surface area contributed by atoms with Crippen molar-refractivity contribution in [3.63, 3.8) is 0 Å². The number of carbonyl (C=O) groups is 1. The van der Waals surface area contributed by atoms with E-state index in [0.29, 0.717) is 17.5 Å². The summed E-state index contributed by atoms with van der Waals surface area (Å²) in [6.07, 6.45) is -8.63. The van der Waals surface area contributed by atoms with Gasteiger partial charge in [-0.3, -0.25) is 4.79 Å². The standard InChI is InChI=1S/C23H22O11/c1-2-9-5-10(24)3-4-12(9)15-8-14(26)17-13(25)6-11(7-16(17)33-15)32-23-20(29)18(27)19(28)21(34-23)22(30)31/h3-8,18-21,23-25,27-29H,2H2,1H3,(H,30,31)/t18-,19-,20+,21-,23+/m0/s1. The molecule has 11 nitrogen and oxygen atoms in total. The quantitative estimate of drug-likeness (QED) is 0.306. The zero-order valence-electron chi connectivity index (χ0n) is 17.8. The topological polar surface area (TPSA) is 187 Å². The van der Waals surface area contributed by atoms with Crippen LogP contribution in [0.3, 0.4) is 0 Å². The van der Waals surface area contributed by atoms with Crippen LogP contribution in [0.5, 0.6) is 17.2 Å². The maximum atomic E-state index is 12.7. The predicted molar refractivity (Wildman–Crippen MR) is 116 cm³/mol. The number of phenols is 2. The molecule has 3 aromatic rings. The fourth-order valence-electron chi connectivity index (χ4n) is 3.84. The molecule has 0 spiro atoms. The molecule has 4 rings (SSSR count). The highest BCUT2D eigenvalue weighted by Crippen LogP contribution is 2.34. The molecule has 1 aromatic heterocycles. The minimum atomic E-state index is -1.89. The molecule has 1 saturated heterocycles. The molecule has 2 aromatic carbocycles. The van der Waals surface area contributed by atoms with E-state index < -0.39 is 47.9 Å². The summed E-state index contributed by atoms with van der Waals surface area (Å²) in [7, 11) is 0. The third-order valence-corrected chi connectivity index (χ3v) is 5.58. The fraction of sp³-hybridized carbons (Fsp3) is 0.304. The fourth-order valence-corrected chi connectivity index (χ4v) is 3.84. The molecule has 2 heterocycles. The predicted octanol–water partition coefficient (Wildman–Crippen LogP) is 0.705. The van der Waals surface area contributed by atoms with E-state index in [4.69, 9.17) is 13.9 Å². The molecule has 1 aliphatic rings. The lowest BCUT2D eigenvalue weighted by Crippen LogP contribution is -2.61. The molecular formula is C23H22O11. The van der Waals surface area contributed by atoms with Gasteiger partial charge >= 0.3 is 5.97 Å². The molecule has 6 N–H and O–H groups in total. The van der Waals surface area contributed by atoms with Crippen LogP contribution in [0.2, 0.25) is 0 Å². The van der Waals surface area contributed by atoms with E-state index in [2.05, 4.69) is 0 Å². The molecule has 0 radical (unpaired) electrons. The highest BCUT2D eigenvalue weighted by molar-refractivity contribution is 5.86. The summed E-state index contributed by atoms with van der Waals surface area (Å²) in [6, 6.07) is 8.04. The van der Waals surface area contributed by atoms with Crippen molar-refractivity contribution in [2.24, 2.45) is 0 Å². The molecular weight excluding hydrogens is 452 g/mol. The highest BCUT2D eigenvalue weighted by atomic mass is 16.7. The molecule has 11 heteroatoms. The van der Waals surface area contributed by atoms with Gasteiger partial charge in [0.15, 0.2) is 11.5 Å². The summed E-state index contributed by atoms with van der Waals surface area (Å²) >= 11 is 0. The second-order valence-corrected chi connectivity index (χ2v) is 7.84. The van der Waals surface area contributed by atoms with Crippen molar-refractivity contribution < 1.29 is 49.3 Å². The number of fused-ring (bicyclic) bond motifs is 1. The van der Waals surface area contributed by atoms with Crippen LogP contribution >= 0.6 is 0 Å². The van der Waals surface area contributed by atoms with Crippen molar-refractivity contribution in [2.45, 2.75) is 44.1 Å². The first-order valence-corrected chi connectivity index (χ1v) is 10.3. The smallest absolute Gasteiger partial charge is 0.335 e. The lowest BCUT2D eigenvalue weighted by Gasteiger charge is -2.38. The second-order valence-electron chi connectivity index (χ2n) is 7.84. The number of aliphatic carboxylic acids is 1. The van der Waals surface area contributed by atoms with E-state index >= 15 is 0 Å².